The fourth-order valence-corrected chi connectivity index (χ4v) is 11.7. The average molecular weight is 825 g/mol. The molecular weight excluding hydrogens is 757 g/mol. The van der Waals surface area contributed by atoms with E-state index in [1.54, 1.807) is 6.92 Å². The van der Waals surface area contributed by atoms with Crippen molar-refractivity contribution in [1.82, 2.24) is 14.9 Å². The van der Waals surface area contributed by atoms with E-state index in [0.29, 0.717) is 19.8 Å². The van der Waals surface area contributed by atoms with Gasteiger partial charge in [0.25, 0.3) is 0 Å². The van der Waals surface area contributed by atoms with Gasteiger partial charge >= 0.3 is 12.1 Å². The van der Waals surface area contributed by atoms with Crippen LogP contribution in [0.3, 0.4) is 0 Å². The van der Waals surface area contributed by atoms with E-state index < -0.39 is 50.4 Å². The molecule has 0 bridgehead atoms. The number of urea groups is 1. The molecule has 0 aliphatic heterocycles. The lowest BCUT2D eigenvalue weighted by molar-refractivity contribution is -0.0993. The number of amides is 3. The number of hydrogen-bond donors (Lipinski definition) is 4. The van der Waals surface area contributed by atoms with Crippen molar-refractivity contribution in [2.45, 2.75) is 115 Å². The normalized spacial score (nSPS) is 13.4. The standard InChI is InChI=1S/C39H68N4O9SSi2/c1-10-40-38(44)41-35-26-33(19-20-36(35)51-29-50-22-24-55(11-2,12-3)13-4)53(47,48)43(27-31(5)6)28-37(52-30-49-21-23-54(7,8)9)34(42-39(45)46)25-32-17-15-14-16-18-32/h14-20,26,31,34,37,42H,10-13,21-25,27-30H2,1-9H3,(H,45,46)(H2,40,41,44)/t34-,37+/m0/s1. The predicted molar refractivity (Wildman–Crippen MR) is 225 cm³/mol. The lowest BCUT2D eigenvalue weighted by atomic mass is 10.0. The lowest BCUT2D eigenvalue weighted by Crippen LogP contribution is -2.52. The Labute approximate surface area is 332 Å². The van der Waals surface area contributed by atoms with Crippen molar-refractivity contribution >= 4 is 44.0 Å². The van der Waals surface area contributed by atoms with Gasteiger partial charge in [0.1, 0.15) is 12.5 Å². The van der Waals surface area contributed by atoms with E-state index in [9.17, 15) is 23.1 Å². The Morgan fingerprint density at radius 1 is 0.873 bits per heavy atom. The first-order chi connectivity index (χ1) is 26.0. The van der Waals surface area contributed by atoms with Gasteiger partial charge in [-0.2, -0.15) is 4.31 Å². The lowest BCUT2D eigenvalue weighted by Gasteiger charge is -2.33. The van der Waals surface area contributed by atoms with Gasteiger partial charge in [-0.15, -0.1) is 0 Å². The smallest absolute Gasteiger partial charge is 0.404 e. The third-order valence-corrected chi connectivity index (χ3v) is 19.2. The molecule has 2 aromatic rings. The van der Waals surface area contributed by atoms with Gasteiger partial charge in [-0.05, 0) is 55.1 Å². The maximum atomic E-state index is 14.6. The molecule has 0 aliphatic rings. The fraction of sp³-hybridized carbons (Fsp3) is 0.641. The van der Waals surface area contributed by atoms with Gasteiger partial charge in [0, 0.05) is 40.9 Å². The summed E-state index contributed by atoms with van der Waals surface area (Å²) in [5.41, 5.74) is 1.02. The number of carboxylic acid groups (broad SMARTS) is 1. The number of sulfonamides is 1. The summed E-state index contributed by atoms with van der Waals surface area (Å²) >= 11 is 0. The van der Waals surface area contributed by atoms with Crippen LogP contribution in [0.15, 0.2) is 53.4 Å². The van der Waals surface area contributed by atoms with Gasteiger partial charge in [-0.1, -0.05) is 103 Å². The molecule has 13 nitrogen and oxygen atoms in total. The fourth-order valence-electron chi connectivity index (χ4n) is 6.15. The first-order valence-corrected chi connectivity index (χ1v) is 27.6. The maximum absolute atomic E-state index is 14.6. The Kier molecular flexibility index (Phi) is 20.9. The highest BCUT2D eigenvalue weighted by Gasteiger charge is 2.34. The molecule has 0 unspecified atom stereocenters. The van der Waals surface area contributed by atoms with Gasteiger partial charge in [0.05, 0.1) is 30.8 Å². The molecule has 0 saturated heterocycles. The van der Waals surface area contributed by atoms with Crippen molar-refractivity contribution in [3.8, 4) is 5.75 Å². The minimum Gasteiger partial charge on any atom is -0.465 e. The summed E-state index contributed by atoms with van der Waals surface area (Å²) in [6.45, 7) is 20.2. The molecule has 2 rings (SSSR count). The molecular formula is C39H68N4O9SSi2. The van der Waals surface area contributed by atoms with Crippen molar-refractivity contribution in [3.63, 3.8) is 0 Å². The zero-order chi connectivity index (χ0) is 41.1. The number of nitrogens with zero attached hydrogens (tertiary/aromatic N) is 1. The second kappa shape index (κ2) is 23.9. The van der Waals surface area contributed by atoms with E-state index in [2.05, 4.69) is 56.4 Å². The molecule has 3 amide bonds. The number of carbonyl (C=O) groups is 2. The Bertz CT molecular complexity index is 1530. The summed E-state index contributed by atoms with van der Waals surface area (Å²) in [7, 11) is -6.99. The quantitative estimate of drug-likeness (QED) is 0.0398. The summed E-state index contributed by atoms with van der Waals surface area (Å²) in [6, 6.07) is 17.9. The van der Waals surface area contributed by atoms with E-state index in [1.807, 2.05) is 44.2 Å². The highest BCUT2D eigenvalue weighted by atomic mass is 32.2. The largest absolute Gasteiger partial charge is 0.465 e. The average Bonchev–Trinajstić information content (AvgIpc) is 3.12. The second-order valence-electron chi connectivity index (χ2n) is 15.6. The van der Waals surface area contributed by atoms with E-state index >= 15 is 0 Å². The van der Waals surface area contributed by atoms with Crippen molar-refractivity contribution in [2.24, 2.45) is 5.92 Å². The molecule has 0 radical (unpaired) electrons. The van der Waals surface area contributed by atoms with Gasteiger partial charge in [0.2, 0.25) is 10.0 Å². The van der Waals surface area contributed by atoms with Crippen LogP contribution in [0.4, 0.5) is 15.3 Å². The highest BCUT2D eigenvalue weighted by Crippen LogP contribution is 2.31. The second-order valence-corrected chi connectivity index (χ2v) is 28.8. The van der Waals surface area contributed by atoms with Crippen LogP contribution in [0.5, 0.6) is 5.75 Å². The third-order valence-electron chi connectivity index (χ3n) is 9.87. The molecule has 0 aliphatic carbocycles. The van der Waals surface area contributed by atoms with Crippen LogP contribution in [0.1, 0.15) is 47.1 Å². The number of carbonyl (C=O) groups excluding carboxylic acids is 1. The molecule has 16 heteroatoms. The number of ether oxygens (including phenoxy) is 4. The summed E-state index contributed by atoms with van der Waals surface area (Å²) in [5.74, 6) is 0.168. The van der Waals surface area contributed by atoms with Crippen LogP contribution >= 0.6 is 0 Å². The Morgan fingerprint density at radius 3 is 2.09 bits per heavy atom. The van der Waals surface area contributed by atoms with Gasteiger partial charge in [-0.25, -0.2) is 18.0 Å². The zero-order valence-electron chi connectivity index (χ0n) is 34.6. The molecule has 0 heterocycles. The molecule has 2 atom stereocenters. The van der Waals surface area contributed by atoms with Crippen molar-refractivity contribution < 1.29 is 42.1 Å². The van der Waals surface area contributed by atoms with Crippen LogP contribution in [-0.4, -0.2) is 105 Å². The molecule has 0 aromatic heterocycles. The number of benzene rings is 2. The van der Waals surface area contributed by atoms with Crippen LogP contribution < -0.4 is 20.7 Å². The maximum Gasteiger partial charge on any atom is 0.404 e. The van der Waals surface area contributed by atoms with Gasteiger partial charge < -0.3 is 40.0 Å². The number of rotatable bonds is 27. The van der Waals surface area contributed by atoms with E-state index in [4.69, 9.17) is 18.9 Å². The van der Waals surface area contributed by atoms with Crippen LogP contribution in [-0.2, 0) is 30.7 Å². The van der Waals surface area contributed by atoms with Crippen molar-refractivity contribution in [3.05, 3.63) is 54.1 Å². The summed E-state index contributed by atoms with van der Waals surface area (Å²) in [6.07, 6.45) is -1.91. The molecule has 0 spiro atoms. The predicted octanol–water partition coefficient (Wildman–Crippen LogP) is 7.91. The van der Waals surface area contributed by atoms with Crippen LogP contribution in [0.2, 0.25) is 49.9 Å². The summed E-state index contributed by atoms with van der Waals surface area (Å²) in [5, 5.41) is 17.9. The monoisotopic (exact) mass is 824 g/mol. The van der Waals surface area contributed by atoms with Gasteiger partial charge in [-0.3, -0.25) is 0 Å². The summed E-state index contributed by atoms with van der Waals surface area (Å²) < 4.78 is 54.3. The molecule has 0 fully saturated rings. The van der Waals surface area contributed by atoms with Crippen LogP contribution in [0.25, 0.3) is 0 Å². The molecule has 4 N–H and O–H groups in total. The minimum atomic E-state index is -4.23. The number of anilines is 1. The first-order valence-electron chi connectivity index (χ1n) is 19.6. The topological polar surface area (TPSA) is 165 Å². The number of nitrogens with one attached hydrogen (secondary N) is 3. The Hall–Kier alpha value is -3.00. The molecule has 2 aromatic carbocycles. The van der Waals surface area contributed by atoms with E-state index in [-0.39, 0.29) is 55.3 Å². The molecule has 0 saturated carbocycles. The number of hydrogen-bond acceptors (Lipinski definition) is 8. The third kappa shape index (κ3) is 17.4. The molecule has 55 heavy (non-hydrogen) atoms. The first kappa shape index (κ1) is 48.2. The van der Waals surface area contributed by atoms with E-state index in [1.165, 1.54) is 40.6 Å². The Morgan fingerprint density at radius 2 is 1.51 bits per heavy atom. The van der Waals surface area contributed by atoms with Crippen molar-refractivity contribution in [1.29, 1.82) is 0 Å². The molecule has 312 valence electrons. The highest BCUT2D eigenvalue weighted by molar-refractivity contribution is 7.89. The Balaban J connectivity index is 2.46. The van der Waals surface area contributed by atoms with Crippen molar-refractivity contribution in [2.75, 3.05) is 51.8 Å². The van der Waals surface area contributed by atoms with E-state index in [0.717, 1.165) is 17.7 Å². The summed E-state index contributed by atoms with van der Waals surface area (Å²) in [4.78, 5) is 24.7. The SMILES string of the molecule is CCNC(=O)Nc1cc(S(=O)(=O)N(CC(C)C)C[C@@H](OCOCC[Si](C)(C)C)[C@H](Cc2ccccc2)NC(=O)O)ccc1OCOCC[Si](CC)(CC)CC. The van der Waals surface area contributed by atoms with Crippen LogP contribution in [0, 0.1) is 5.92 Å². The zero-order valence-corrected chi connectivity index (χ0v) is 37.4. The van der Waals surface area contributed by atoms with Gasteiger partial charge in [0.15, 0.2) is 6.79 Å². The minimum absolute atomic E-state index is 0.0598.